The van der Waals surface area contributed by atoms with Crippen molar-refractivity contribution in [2.75, 3.05) is 26.7 Å². The summed E-state index contributed by atoms with van der Waals surface area (Å²) in [6.07, 6.45) is 10.5. The van der Waals surface area contributed by atoms with E-state index in [4.69, 9.17) is 10.5 Å². The normalized spacial score (nSPS) is 14.9. The van der Waals surface area contributed by atoms with Crippen LogP contribution < -0.4 is 21.1 Å². The molecule has 0 aliphatic heterocycles. The summed E-state index contributed by atoms with van der Waals surface area (Å²) in [5, 5.41) is 6.74. The zero-order valence-electron chi connectivity index (χ0n) is 16.5. The number of hydrogen-bond donors (Lipinski definition) is 3. The van der Waals surface area contributed by atoms with E-state index in [0.29, 0.717) is 5.75 Å². The lowest BCUT2D eigenvalue weighted by Gasteiger charge is -2.13. The van der Waals surface area contributed by atoms with Gasteiger partial charge in [-0.25, -0.2) is 0 Å². The van der Waals surface area contributed by atoms with E-state index in [1.54, 1.807) is 7.05 Å². The number of rotatable bonds is 11. The molecule has 1 fully saturated rings. The van der Waals surface area contributed by atoms with Crippen LogP contribution in [0.2, 0.25) is 0 Å². The molecule has 0 bridgehead atoms. The number of nitrogens with zero attached hydrogens (tertiary/aromatic N) is 1. The molecule has 1 saturated carbocycles. The summed E-state index contributed by atoms with van der Waals surface area (Å²) in [6, 6.07) is 7.71. The monoisotopic (exact) mass is 374 g/mol. The van der Waals surface area contributed by atoms with Crippen molar-refractivity contribution in [1.82, 2.24) is 10.6 Å². The summed E-state index contributed by atoms with van der Waals surface area (Å²) in [4.78, 5) is 15.0. The molecule has 0 atom stereocenters. The van der Waals surface area contributed by atoms with Crippen molar-refractivity contribution in [2.24, 2.45) is 16.6 Å². The molecule has 1 amide bonds. The molecule has 6 nitrogen and oxygen atoms in total. The zero-order chi connectivity index (χ0) is 19.3. The van der Waals surface area contributed by atoms with Crippen LogP contribution >= 0.6 is 0 Å². The lowest BCUT2D eigenvalue weighted by molar-refractivity contribution is -0.119. The first-order valence-electron chi connectivity index (χ1n) is 10.1. The number of nitrogens with one attached hydrogen (secondary N) is 2. The molecule has 0 saturated heterocycles. The van der Waals surface area contributed by atoms with Crippen LogP contribution in [0.15, 0.2) is 29.3 Å². The lowest BCUT2D eigenvalue weighted by Crippen LogP contribution is -2.38. The number of primary amides is 1. The number of guanidine groups is 1. The Hall–Kier alpha value is -2.24. The molecule has 6 heteroatoms. The smallest absolute Gasteiger partial charge is 0.255 e. The van der Waals surface area contributed by atoms with Crippen LogP contribution in [0, 0.1) is 5.92 Å². The average molecular weight is 375 g/mol. The van der Waals surface area contributed by atoms with Crippen LogP contribution in [0.25, 0.3) is 0 Å². The number of hydrogen-bond acceptors (Lipinski definition) is 3. The van der Waals surface area contributed by atoms with Gasteiger partial charge in [0, 0.05) is 20.1 Å². The number of carbonyl (C=O) groups is 1. The molecule has 0 aromatic heterocycles. The van der Waals surface area contributed by atoms with Gasteiger partial charge in [-0.15, -0.1) is 0 Å². The Morgan fingerprint density at radius 1 is 1.15 bits per heavy atom. The van der Waals surface area contributed by atoms with Crippen molar-refractivity contribution >= 4 is 11.9 Å². The fourth-order valence-corrected chi connectivity index (χ4v) is 3.52. The Morgan fingerprint density at radius 2 is 1.85 bits per heavy atom. The highest BCUT2D eigenvalue weighted by Crippen LogP contribution is 2.28. The second kappa shape index (κ2) is 12.2. The van der Waals surface area contributed by atoms with Gasteiger partial charge in [0.2, 0.25) is 0 Å². The van der Waals surface area contributed by atoms with Crippen molar-refractivity contribution in [3.05, 3.63) is 29.8 Å². The van der Waals surface area contributed by atoms with Crippen molar-refractivity contribution < 1.29 is 9.53 Å². The summed E-state index contributed by atoms with van der Waals surface area (Å²) in [5.41, 5.74) is 6.26. The van der Waals surface area contributed by atoms with Crippen LogP contribution in [-0.2, 0) is 11.2 Å². The maximum atomic E-state index is 10.7. The average Bonchev–Trinajstić information content (AvgIpc) is 3.19. The number of ether oxygens (including phenoxy) is 1. The summed E-state index contributed by atoms with van der Waals surface area (Å²) < 4.78 is 5.26. The van der Waals surface area contributed by atoms with Gasteiger partial charge in [0.25, 0.3) is 5.91 Å². The second-order valence-corrected chi connectivity index (χ2v) is 7.22. The minimum Gasteiger partial charge on any atom is -0.484 e. The topological polar surface area (TPSA) is 88.7 Å². The number of benzene rings is 1. The summed E-state index contributed by atoms with van der Waals surface area (Å²) in [6.45, 7) is 1.69. The Kier molecular flexibility index (Phi) is 9.52. The van der Waals surface area contributed by atoms with E-state index in [-0.39, 0.29) is 6.61 Å². The van der Waals surface area contributed by atoms with Gasteiger partial charge in [-0.1, -0.05) is 50.7 Å². The van der Waals surface area contributed by atoms with Crippen molar-refractivity contribution in [2.45, 2.75) is 51.4 Å². The van der Waals surface area contributed by atoms with Crippen molar-refractivity contribution in [3.63, 3.8) is 0 Å². The number of unbranched alkanes of at least 4 members (excludes halogenated alkanes) is 1. The highest BCUT2D eigenvalue weighted by Gasteiger charge is 2.13. The van der Waals surface area contributed by atoms with Gasteiger partial charge in [-0.3, -0.25) is 9.79 Å². The molecular weight excluding hydrogens is 340 g/mol. The van der Waals surface area contributed by atoms with Crippen LogP contribution in [0.3, 0.4) is 0 Å². The number of nitrogens with two attached hydrogens (primary N) is 1. The Labute approximate surface area is 163 Å². The molecule has 1 aromatic rings. The molecule has 1 aromatic carbocycles. The molecule has 0 radical (unpaired) electrons. The van der Waals surface area contributed by atoms with Crippen molar-refractivity contribution in [3.8, 4) is 5.75 Å². The highest BCUT2D eigenvalue weighted by atomic mass is 16.5. The maximum absolute atomic E-state index is 10.7. The van der Waals surface area contributed by atoms with Crippen LogP contribution in [0.4, 0.5) is 0 Å². The van der Waals surface area contributed by atoms with Gasteiger partial charge in [-0.05, 0) is 36.5 Å². The third-order valence-electron chi connectivity index (χ3n) is 5.04. The number of amides is 1. The molecular formula is C21H34N4O2. The fourth-order valence-electron chi connectivity index (χ4n) is 3.52. The molecule has 27 heavy (non-hydrogen) atoms. The van der Waals surface area contributed by atoms with Crippen LogP contribution in [0.1, 0.15) is 50.5 Å². The largest absolute Gasteiger partial charge is 0.484 e. The van der Waals surface area contributed by atoms with E-state index < -0.39 is 5.91 Å². The Morgan fingerprint density at radius 3 is 2.52 bits per heavy atom. The highest BCUT2D eigenvalue weighted by molar-refractivity contribution is 5.79. The molecule has 0 heterocycles. The van der Waals surface area contributed by atoms with Crippen LogP contribution in [0.5, 0.6) is 5.75 Å². The molecule has 0 spiro atoms. The predicted octanol–water partition coefficient (Wildman–Crippen LogP) is 2.62. The lowest BCUT2D eigenvalue weighted by atomic mass is 10.0. The molecule has 2 rings (SSSR count). The first-order chi connectivity index (χ1) is 13.2. The Balaban J connectivity index is 1.56. The molecule has 1 aliphatic carbocycles. The quantitative estimate of drug-likeness (QED) is 0.316. The molecule has 1 aliphatic rings. The predicted molar refractivity (Wildman–Crippen MR) is 110 cm³/mol. The maximum Gasteiger partial charge on any atom is 0.255 e. The minimum atomic E-state index is -0.472. The van der Waals surface area contributed by atoms with E-state index in [9.17, 15) is 4.79 Å². The van der Waals surface area contributed by atoms with Crippen LogP contribution in [-0.4, -0.2) is 38.6 Å². The number of aliphatic imine (C=N–C) groups is 1. The van der Waals surface area contributed by atoms with Gasteiger partial charge in [0.1, 0.15) is 5.75 Å². The first kappa shape index (κ1) is 21.1. The van der Waals surface area contributed by atoms with Gasteiger partial charge >= 0.3 is 0 Å². The van der Waals surface area contributed by atoms with E-state index in [0.717, 1.165) is 31.4 Å². The van der Waals surface area contributed by atoms with E-state index in [2.05, 4.69) is 15.6 Å². The molecule has 4 N–H and O–H groups in total. The molecule has 0 unspecified atom stereocenters. The minimum absolute atomic E-state index is 0.0937. The third kappa shape index (κ3) is 8.80. The van der Waals surface area contributed by atoms with Gasteiger partial charge in [0.05, 0.1) is 0 Å². The first-order valence-corrected chi connectivity index (χ1v) is 10.1. The third-order valence-corrected chi connectivity index (χ3v) is 5.04. The SMILES string of the molecule is CN=C(NCCCCC1CCCC1)NCCc1ccc(OCC(N)=O)cc1. The van der Waals surface area contributed by atoms with Gasteiger partial charge in [0.15, 0.2) is 12.6 Å². The van der Waals surface area contributed by atoms with Crippen molar-refractivity contribution in [1.29, 1.82) is 0 Å². The standard InChI is InChI=1S/C21H34N4O2/c1-23-21(24-14-5-4-8-17-6-2-3-7-17)25-15-13-18-9-11-19(12-10-18)27-16-20(22)26/h9-12,17H,2-8,13-16H2,1H3,(H2,22,26)(H2,23,24,25). The van der Waals surface area contributed by atoms with E-state index in [1.807, 2.05) is 24.3 Å². The van der Waals surface area contributed by atoms with E-state index in [1.165, 1.54) is 50.5 Å². The summed E-state index contributed by atoms with van der Waals surface area (Å²) in [7, 11) is 1.80. The summed E-state index contributed by atoms with van der Waals surface area (Å²) in [5.74, 6) is 2.02. The number of carbonyl (C=O) groups excluding carboxylic acids is 1. The van der Waals surface area contributed by atoms with E-state index >= 15 is 0 Å². The fraction of sp³-hybridized carbons (Fsp3) is 0.619. The molecule has 150 valence electrons. The Bertz CT molecular complexity index is 580. The second-order valence-electron chi connectivity index (χ2n) is 7.22. The van der Waals surface area contributed by atoms with Gasteiger partial charge < -0.3 is 21.1 Å². The van der Waals surface area contributed by atoms with Gasteiger partial charge in [-0.2, -0.15) is 0 Å². The zero-order valence-corrected chi connectivity index (χ0v) is 16.5. The summed E-state index contributed by atoms with van der Waals surface area (Å²) >= 11 is 0.